The van der Waals surface area contributed by atoms with E-state index in [1.807, 2.05) is 13.0 Å². The van der Waals surface area contributed by atoms with E-state index in [2.05, 4.69) is 4.98 Å². The van der Waals surface area contributed by atoms with Crippen LogP contribution in [0.3, 0.4) is 0 Å². The van der Waals surface area contributed by atoms with Crippen LogP contribution in [-0.2, 0) is 9.59 Å². The summed E-state index contributed by atoms with van der Waals surface area (Å²) in [6.07, 6.45) is 3.61. The lowest BCUT2D eigenvalue weighted by Gasteiger charge is -2.36. The first-order valence-corrected chi connectivity index (χ1v) is 14.6. The number of anilines is 1. The summed E-state index contributed by atoms with van der Waals surface area (Å²) in [7, 11) is -1.77. The van der Waals surface area contributed by atoms with E-state index >= 15 is 0 Å². The molecule has 0 bridgehead atoms. The number of rotatable bonds is 10. The van der Waals surface area contributed by atoms with Gasteiger partial charge in [-0.3, -0.25) is 19.5 Å². The van der Waals surface area contributed by atoms with Crippen molar-refractivity contribution in [1.82, 2.24) is 4.98 Å². The standard InChI is InChI=1S/C33H34BFN2O7/c1-2-20-16-24-31(33(42)37(32(24)41)23-7-5-6-22(17-23)34(43)44)25(18-38)30(20)29(40)12-10-21(27-8-3-4-13-36-27)14-19-9-11-28(39)26(35)15-19/h3-9,11,13-15,17,24-25,29,31,38-40,43-44H,2,10,12,16,18H2,1H3/b21-14-/t24-,25+,29-,31-/m1/s1. The number of halogens is 1. The number of amides is 2. The summed E-state index contributed by atoms with van der Waals surface area (Å²) < 4.78 is 14.1. The van der Waals surface area contributed by atoms with Crippen molar-refractivity contribution in [1.29, 1.82) is 0 Å². The normalized spacial score (nSPS) is 21.1. The summed E-state index contributed by atoms with van der Waals surface area (Å²) >= 11 is 0. The number of pyridine rings is 1. The molecule has 1 aliphatic carbocycles. The molecule has 3 aromatic rings. The number of allylic oxidation sites excluding steroid dienone is 2. The first-order valence-electron chi connectivity index (χ1n) is 14.6. The molecule has 9 nitrogen and oxygen atoms in total. The summed E-state index contributed by atoms with van der Waals surface area (Å²) in [5.41, 5.74) is 3.55. The third kappa shape index (κ3) is 6.09. The van der Waals surface area contributed by atoms with Gasteiger partial charge in [-0.25, -0.2) is 4.39 Å². The summed E-state index contributed by atoms with van der Waals surface area (Å²) in [6.45, 7) is 1.45. The van der Waals surface area contributed by atoms with Crippen LogP contribution in [0.25, 0.3) is 11.6 Å². The fourth-order valence-electron chi connectivity index (χ4n) is 6.47. The molecule has 228 valence electrons. The summed E-state index contributed by atoms with van der Waals surface area (Å²) in [5.74, 6) is -4.55. The second kappa shape index (κ2) is 13.2. The van der Waals surface area contributed by atoms with Gasteiger partial charge in [-0.15, -0.1) is 0 Å². The Morgan fingerprint density at radius 2 is 1.91 bits per heavy atom. The molecule has 5 N–H and O–H groups in total. The zero-order valence-electron chi connectivity index (χ0n) is 24.2. The van der Waals surface area contributed by atoms with Gasteiger partial charge in [0.05, 0.1) is 35.9 Å². The van der Waals surface area contributed by atoms with E-state index in [9.17, 15) is 39.3 Å². The summed E-state index contributed by atoms with van der Waals surface area (Å²) in [6, 6.07) is 15.4. The molecule has 4 atom stereocenters. The van der Waals surface area contributed by atoms with Crippen LogP contribution in [0.2, 0.25) is 0 Å². The van der Waals surface area contributed by atoms with Crippen molar-refractivity contribution < 1.29 is 39.3 Å². The van der Waals surface area contributed by atoms with Gasteiger partial charge < -0.3 is 25.4 Å². The summed E-state index contributed by atoms with van der Waals surface area (Å²) in [5, 5.41) is 51.0. The smallest absolute Gasteiger partial charge is 0.488 e. The minimum atomic E-state index is -1.77. The topological polar surface area (TPSA) is 151 Å². The zero-order chi connectivity index (χ0) is 31.5. The molecule has 0 radical (unpaired) electrons. The lowest BCUT2D eigenvalue weighted by Crippen LogP contribution is -2.39. The van der Waals surface area contributed by atoms with Gasteiger partial charge in [-0.1, -0.05) is 36.8 Å². The predicted octanol–water partition coefficient (Wildman–Crippen LogP) is 2.81. The van der Waals surface area contributed by atoms with Crippen molar-refractivity contribution in [3.05, 3.63) is 95.1 Å². The Kier molecular flexibility index (Phi) is 9.40. The third-order valence-electron chi connectivity index (χ3n) is 8.59. The van der Waals surface area contributed by atoms with E-state index in [0.717, 1.165) is 10.5 Å². The van der Waals surface area contributed by atoms with Crippen LogP contribution in [0.15, 0.2) is 78.0 Å². The van der Waals surface area contributed by atoms with E-state index in [1.54, 1.807) is 36.5 Å². The number of aromatic hydroxyl groups is 1. The van der Waals surface area contributed by atoms with Gasteiger partial charge in [0.25, 0.3) is 0 Å². The number of carbonyl (C=O) groups is 2. The molecule has 2 heterocycles. The fourth-order valence-corrected chi connectivity index (χ4v) is 6.47. The maximum Gasteiger partial charge on any atom is 0.488 e. The Morgan fingerprint density at radius 1 is 1.11 bits per heavy atom. The van der Waals surface area contributed by atoms with Crippen LogP contribution in [-0.4, -0.2) is 62.0 Å². The molecule has 1 fully saturated rings. The zero-order valence-corrected chi connectivity index (χ0v) is 24.2. The minimum absolute atomic E-state index is 0.131. The second-order valence-corrected chi connectivity index (χ2v) is 11.2. The molecular weight excluding hydrogens is 566 g/mol. The quantitative estimate of drug-likeness (QED) is 0.135. The monoisotopic (exact) mass is 600 g/mol. The molecule has 1 aromatic heterocycles. The molecule has 44 heavy (non-hydrogen) atoms. The highest BCUT2D eigenvalue weighted by molar-refractivity contribution is 6.58. The number of benzene rings is 2. The van der Waals surface area contributed by atoms with E-state index in [4.69, 9.17) is 0 Å². The number of aliphatic hydroxyl groups is 2. The van der Waals surface area contributed by atoms with Crippen LogP contribution in [0.4, 0.5) is 10.1 Å². The lowest BCUT2D eigenvalue weighted by atomic mass is 9.67. The van der Waals surface area contributed by atoms with Gasteiger partial charge in [0.15, 0.2) is 11.6 Å². The first-order chi connectivity index (χ1) is 21.1. The third-order valence-corrected chi connectivity index (χ3v) is 8.59. The maximum absolute atomic E-state index is 14.1. The molecule has 1 aliphatic heterocycles. The predicted molar refractivity (Wildman–Crippen MR) is 164 cm³/mol. The van der Waals surface area contributed by atoms with Crippen molar-refractivity contribution >= 4 is 41.7 Å². The highest BCUT2D eigenvalue weighted by Gasteiger charge is 2.55. The highest BCUT2D eigenvalue weighted by Crippen LogP contribution is 2.48. The van der Waals surface area contributed by atoms with Gasteiger partial charge in [0, 0.05) is 12.1 Å². The minimum Gasteiger partial charge on any atom is -0.505 e. The number of aliphatic hydroxyl groups excluding tert-OH is 2. The fraction of sp³-hybridized carbons (Fsp3) is 0.303. The Morgan fingerprint density at radius 3 is 2.57 bits per heavy atom. The van der Waals surface area contributed by atoms with Crippen LogP contribution in [0, 0.1) is 23.6 Å². The lowest BCUT2D eigenvalue weighted by molar-refractivity contribution is -0.123. The number of hydrogen-bond donors (Lipinski definition) is 5. The molecule has 0 spiro atoms. The average molecular weight is 600 g/mol. The van der Waals surface area contributed by atoms with E-state index < -0.39 is 61.0 Å². The van der Waals surface area contributed by atoms with Crippen LogP contribution in [0.5, 0.6) is 5.75 Å². The van der Waals surface area contributed by atoms with E-state index in [1.165, 1.54) is 30.3 Å². The molecule has 2 amide bonds. The van der Waals surface area contributed by atoms with E-state index in [0.29, 0.717) is 35.2 Å². The number of imide groups is 1. The van der Waals surface area contributed by atoms with Gasteiger partial charge in [0.2, 0.25) is 11.8 Å². The van der Waals surface area contributed by atoms with Crippen LogP contribution in [0.1, 0.15) is 43.9 Å². The van der Waals surface area contributed by atoms with Gasteiger partial charge in [-0.2, -0.15) is 0 Å². The van der Waals surface area contributed by atoms with Crippen molar-refractivity contribution in [2.75, 3.05) is 11.5 Å². The number of hydrogen-bond acceptors (Lipinski definition) is 8. The van der Waals surface area contributed by atoms with Gasteiger partial charge in [-0.05, 0) is 90.3 Å². The molecule has 5 rings (SSSR count). The van der Waals surface area contributed by atoms with Crippen LogP contribution < -0.4 is 10.4 Å². The number of phenols is 1. The molecule has 2 aliphatic rings. The van der Waals surface area contributed by atoms with Crippen molar-refractivity contribution in [3.63, 3.8) is 0 Å². The molecule has 2 aromatic carbocycles. The molecular formula is C33H34BFN2O7. The molecule has 1 saturated heterocycles. The Hall–Kier alpha value is -4.16. The number of fused-ring (bicyclic) bond motifs is 1. The number of nitrogens with zero attached hydrogens (tertiary/aromatic N) is 2. The van der Waals surface area contributed by atoms with Gasteiger partial charge >= 0.3 is 7.12 Å². The number of carbonyl (C=O) groups excluding carboxylic acids is 2. The van der Waals surface area contributed by atoms with E-state index in [-0.39, 0.29) is 24.0 Å². The Labute approximate surface area is 254 Å². The van der Waals surface area contributed by atoms with Crippen molar-refractivity contribution in [3.8, 4) is 5.75 Å². The maximum atomic E-state index is 14.1. The molecule has 0 saturated carbocycles. The largest absolute Gasteiger partial charge is 0.505 e. The number of aromatic nitrogens is 1. The molecule has 11 heteroatoms. The molecule has 0 unspecified atom stereocenters. The second-order valence-electron chi connectivity index (χ2n) is 11.2. The summed E-state index contributed by atoms with van der Waals surface area (Å²) in [4.78, 5) is 32.8. The van der Waals surface area contributed by atoms with Crippen molar-refractivity contribution in [2.24, 2.45) is 17.8 Å². The number of phenolic OH excluding ortho intramolecular Hbond substituents is 1. The van der Waals surface area contributed by atoms with Crippen molar-refractivity contribution in [2.45, 2.75) is 38.7 Å². The highest BCUT2D eigenvalue weighted by atomic mass is 19.1. The van der Waals surface area contributed by atoms with Crippen LogP contribution >= 0.6 is 0 Å². The van der Waals surface area contributed by atoms with Gasteiger partial charge in [0.1, 0.15) is 0 Å². The SMILES string of the molecule is CCC1=C([C@H](O)CC/C(=C/c2ccc(O)c(F)c2)c2ccccn2)[C@H](CO)[C@@H]2C(=O)N(c3cccc(B(O)O)c3)C(=O)[C@@H]2C1. The Bertz CT molecular complexity index is 1610. The first kappa shape index (κ1) is 31.3. The Balaban J connectivity index is 1.43. The average Bonchev–Trinajstić information content (AvgIpc) is 3.28.